The Kier molecular flexibility index (Phi) is 3.41. The fraction of sp³-hybridized carbons (Fsp3) is 0.400. The summed E-state index contributed by atoms with van der Waals surface area (Å²) in [5.74, 6) is -3.13. The molecular formula is C20H20NO4-. The lowest BCUT2D eigenvalue weighted by atomic mass is 9.74. The molecule has 5 nitrogen and oxygen atoms in total. The molecule has 0 aromatic heterocycles. The SMILES string of the molecule is C=C(C)C[C@H]1N(c2ccc(C)cc2)C(=O)[C@H]2[C@@H](C(=O)[O-])[C@H]3C=C[C@]21O3. The molecule has 0 aliphatic carbocycles. The molecule has 2 fully saturated rings. The van der Waals surface area contributed by atoms with E-state index in [-0.39, 0.29) is 11.9 Å². The molecule has 1 spiro atoms. The zero-order valence-corrected chi connectivity index (χ0v) is 14.3. The number of benzene rings is 1. The molecule has 0 saturated carbocycles. The Morgan fingerprint density at radius 3 is 2.64 bits per heavy atom. The second-order valence-corrected chi connectivity index (χ2v) is 7.34. The van der Waals surface area contributed by atoms with Crippen molar-refractivity contribution in [2.45, 2.75) is 38.0 Å². The van der Waals surface area contributed by atoms with Crippen LogP contribution in [-0.4, -0.2) is 29.6 Å². The van der Waals surface area contributed by atoms with Gasteiger partial charge in [0.1, 0.15) is 5.60 Å². The van der Waals surface area contributed by atoms with Gasteiger partial charge in [-0.1, -0.05) is 35.4 Å². The summed E-state index contributed by atoms with van der Waals surface area (Å²) >= 11 is 0. The number of carbonyl (C=O) groups is 2. The van der Waals surface area contributed by atoms with E-state index in [1.165, 1.54) is 0 Å². The molecule has 1 aromatic carbocycles. The molecule has 25 heavy (non-hydrogen) atoms. The van der Waals surface area contributed by atoms with Crippen molar-refractivity contribution >= 4 is 17.6 Å². The maximum atomic E-state index is 13.3. The van der Waals surface area contributed by atoms with Gasteiger partial charge < -0.3 is 19.5 Å². The van der Waals surface area contributed by atoms with Gasteiger partial charge in [0.15, 0.2) is 0 Å². The highest BCUT2D eigenvalue weighted by Gasteiger charge is 2.69. The van der Waals surface area contributed by atoms with Crippen molar-refractivity contribution in [2.24, 2.45) is 11.8 Å². The molecule has 1 aromatic rings. The fourth-order valence-electron chi connectivity index (χ4n) is 4.51. The van der Waals surface area contributed by atoms with E-state index in [1.54, 1.807) is 11.0 Å². The third-order valence-corrected chi connectivity index (χ3v) is 5.55. The molecule has 4 rings (SSSR count). The Labute approximate surface area is 146 Å². The van der Waals surface area contributed by atoms with Crippen molar-refractivity contribution in [2.75, 3.05) is 4.90 Å². The van der Waals surface area contributed by atoms with Crippen LogP contribution in [0.5, 0.6) is 0 Å². The smallest absolute Gasteiger partial charge is 0.234 e. The van der Waals surface area contributed by atoms with E-state index in [2.05, 4.69) is 6.58 Å². The molecule has 1 amide bonds. The van der Waals surface area contributed by atoms with Crippen molar-refractivity contribution in [3.8, 4) is 0 Å². The van der Waals surface area contributed by atoms with Gasteiger partial charge in [0.25, 0.3) is 0 Å². The minimum atomic E-state index is -1.23. The number of carboxylic acid groups (broad SMARTS) is 1. The first kappa shape index (κ1) is 16.1. The first-order valence-corrected chi connectivity index (χ1v) is 8.47. The number of amides is 1. The summed E-state index contributed by atoms with van der Waals surface area (Å²) < 4.78 is 6.08. The zero-order valence-electron chi connectivity index (χ0n) is 14.3. The second kappa shape index (κ2) is 5.30. The molecule has 130 valence electrons. The van der Waals surface area contributed by atoms with Crippen LogP contribution in [0.25, 0.3) is 0 Å². The summed E-state index contributed by atoms with van der Waals surface area (Å²) in [7, 11) is 0. The Morgan fingerprint density at radius 2 is 2.04 bits per heavy atom. The van der Waals surface area contributed by atoms with E-state index in [9.17, 15) is 14.7 Å². The first-order valence-electron chi connectivity index (χ1n) is 8.47. The summed E-state index contributed by atoms with van der Waals surface area (Å²) in [5, 5.41) is 11.7. The van der Waals surface area contributed by atoms with Crippen LogP contribution in [0.4, 0.5) is 5.69 Å². The van der Waals surface area contributed by atoms with Crippen LogP contribution >= 0.6 is 0 Å². The quantitative estimate of drug-likeness (QED) is 0.778. The van der Waals surface area contributed by atoms with Crippen LogP contribution in [0, 0.1) is 18.8 Å². The number of aliphatic carboxylic acids is 1. The summed E-state index contributed by atoms with van der Waals surface area (Å²) in [4.78, 5) is 26.6. The highest BCUT2D eigenvalue weighted by Crippen LogP contribution is 2.56. The third-order valence-electron chi connectivity index (χ3n) is 5.55. The summed E-state index contributed by atoms with van der Waals surface area (Å²) in [6, 6.07) is 7.35. The van der Waals surface area contributed by atoms with Crippen LogP contribution in [-0.2, 0) is 14.3 Å². The lowest BCUT2D eigenvalue weighted by molar-refractivity contribution is -0.313. The van der Waals surface area contributed by atoms with Gasteiger partial charge in [0, 0.05) is 17.6 Å². The number of rotatable bonds is 4. The van der Waals surface area contributed by atoms with Gasteiger partial charge in [0.2, 0.25) is 5.91 Å². The van der Waals surface area contributed by atoms with Gasteiger partial charge in [-0.2, -0.15) is 0 Å². The van der Waals surface area contributed by atoms with Gasteiger partial charge in [-0.05, 0) is 32.4 Å². The Bertz CT molecular complexity index is 796. The zero-order chi connectivity index (χ0) is 17.9. The Hall–Kier alpha value is -2.40. The number of hydrogen-bond donors (Lipinski definition) is 0. The van der Waals surface area contributed by atoms with Crippen molar-refractivity contribution in [1.82, 2.24) is 0 Å². The molecule has 3 aliphatic heterocycles. The fourth-order valence-corrected chi connectivity index (χ4v) is 4.51. The molecule has 0 radical (unpaired) electrons. The van der Waals surface area contributed by atoms with Gasteiger partial charge in [-0.15, -0.1) is 6.58 Å². The Morgan fingerprint density at radius 1 is 1.36 bits per heavy atom. The molecule has 0 unspecified atom stereocenters. The molecule has 2 bridgehead atoms. The minimum absolute atomic E-state index is 0.212. The Balaban J connectivity index is 1.84. The van der Waals surface area contributed by atoms with Crippen molar-refractivity contribution in [3.05, 3.63) is 54.1 Å². The maximum Gasteiger partial charge on any atom is 0.234 e. The first-order chi connectivity index (χ1) is 11.8. The largest absolute Gasteiger partial charge is 0.550 e. The number of carboxylic acids is 1. The third kappa shape index (κ3) is 2.12. The average Bonchev–Trinajstić information content (AvgIpc) is 3.18. The van der Waals surface area contributed by atoms with E-state index >= 15 is 0 Å². The molecule has 3 aliphatic rings. The second-order valence-electron chi connectivity index (χ2n) is 7.34. The monoisotopic (exact) mass is 338 g/mol. The molecule has 5 heteroatoms. The topological polar surface area (TPSA) is 69.7 Å². The van der Waals surface area contributed by atoms with Crippen LogP contribution < -0.4 is 10.0 Å². The lowest BCUT2D eigenvalue weighted by Crippen LogP contribution is -2.46. The van der Waals surface area contributed by atoms with Crippen molar-refractivity contribution < 1.29 is 19.4 Å². The summed E-state index contributed by atoms with van der Waals surface area (Å²) in [6.45, 7) is 7.87. The molecule has 0 N–H and O–H groups in total. The molecule has 3 heterocycles. The van der Waals surface area contributed by atoms with E-state index in [1.807, 2.05) is 44.2 Å². The van der Waals surface area contributed by atoms with E-state index < -0.39 is 29.5 Å². The van der Waals surface area contributed by atoms with Crippen molar-refractivity contribution in [3.63, 3.8) is 0 Å². The van der Waals surface area contributed by atoms with Gasteiger partial charge in [-0.3, -0.25) is 4.79 Å². The van der Waals surface area contributed by atoms with Crippen LogP contribution in [0.15, 0.2) is 48.6 Å². The predicted octanol–water partition coefficient (Wildman–Crippen LogP) is 1.37. The van der Waals surface area contributed by atoms with Crippen LogP contribution in [0.1, 0.15) is 18.9 Å². The molecule has 2 saturated heterocycles. The van der Waals surface area contributed by atoms with Crippen LogP contribution in [0.2, 0.25) is 0 Å². The summed E-state index contributed by atoms with van der Waals surface area (Å²) in [6.07, 6.45) is 3.59. The van der Waals surface area contributed by atoms with Gasteiger partial charge >= 0.3 is 0 Å². The number of carbonyl (C=O) groups excluding carboxylic acids is 2. The highest BCUT2D eigenvalue weighted by molar-refractivity contribution is 6.03. The number of fused-ring (bicyclic) bond motifs is 1. The lowest BCUT2D eigenvalue weighted by Gasteiger charge is -2.33. The number of hydrogen-bond acceptors (Lipinski definition) is 4. The van der Waals surface area contributed by atoms with E-state index in [4.69, 9.17) is 4.74 Å². The number of anilines is 1. The van der Waals surface area contributed by atoms with E-state index in [0.717, 1.165) is 16.8 Å². The highest BCUT2D eigenvalue weighted by atomic mass is 16.5. The maximum absolute atomic E-state index is 13.3. The van der Waals surface area contributed by atoms with Crippen LogP contribution in [0.3, 0.4) is 0 Å². The molecule has 5 atom stereocenters. The van der Waals surface area contributed by atoms with Crippen molar-refractivity contribution in [1.29, 1.82) is 0 Å². The number of ether oxygens (including phenoxy) is 1. The standard InChI is InChI=1S/C20H21NO4/c1-11(2)10-15-20-9-8-14(25-20)16(19(23)24)17(20)18(22)21(15)13-6-4-12(3)5-7-13/h4-9,14-17H,1,10H2,2-3H3,(H,23,24)/p-1/t14-,15-,16+,17-,20-/m1/s1. The predicted molar refractivity (Wildman–Crippen MR) is 90.6 cm³/mol. The number of aryl methyl sites for hydroxylation is 1. The molecular weight excluding hydrogens is 318 g/mol. The number of nitrogens with zero attached hydrogens (tertiary/aromatic N) is 1. The van der Waals surface area contributed by atoms with Gasteiger partial charge in [-0.25, -0.2) is 0 Å². The summed E-state index contributed by atoms with van der Waals surface area (Å²) in [5.41, 5.74) is 1.84. The average molecular weight is 338 g/mol. The van der Waals surface area contributed by atoms with E-state index in [0.29, 0.717) is 6.42 Å². The minimum Gasteiger partial charge on any atom is -0.550 e. The normalized spacial score (nSPS) is 35.3. The van der Waals surface area contributed by atoms with Gasteiger partial charge in [0.05, 0.1) is 18.1 Å².